The minimum absolute atomic E-state index is 1.06. The Bertz CT molecular complexity index is 2690. The van der Waals surface area contributed by atoms with E-state index >= 15 is 0 Å². The molecule has 306 valence electrons. The van der Waals surface area contributed by atoms with Gasteiger partial charge in [-0.1, -0.05) is 225 Å². The Balaban J connectivity index is 1.01. The Kier molecular flexibility index (Phi) is 13.0. The minimum Gasteiger partial charge on any atom is -0.310 e. The van der Waals surface area contributed by atoms with Crippen molar-refractivity contribution in [2.45, 2.75) is 0 Å². The zero-order valence-corrected chi connectivity index (χ0v) is 35.6. The molecule has 64 heavy (non-hydrogen) atoms. The summed E-state index contributed by atoms with van der Waals surface area (Å²) in [4.78, 5) is 4.65. The van der Waals surface area contributed by atoms with Crippen LogP contribution < -0.4 is 9.80 Å². The lowest BCUT2D eigenvalue weighted by Gasteiger charge is -2.29. The predicted molar refractivity (Wildman–Crippen MR) is 274 cm³/mol. The highest BCUT2D eigenvalue weighted by Crippen LogP contribution is 2.40. The van der Waals surface area contributed by atoms with Gasteiger partial charge in [0.05, 0.1) is 0 Å². The second-order valence-electron chi connectivity index (χ2n) is 15.4. The van der Waals surface area contributed by atoms with Crippen molar-refractivity contribution in [2.24, 2.45) is 0 Å². The maximum Gasteiger partial charge on any atom is 0.0482 e. The SMILES string of the molecule is C(=Cc1ccc(N(c2ccccc2)c2cccc(N(c3ccccc3)c3ccc(C=CC=C(c4ccccc4)c4ccccc4)cc3)c2)cc1)C=C(c1ccccc1)c1ccccc1. The van der Waals surface area contributed by atoms with E-state index in [4.69, 9.17) is 0 Å². The molecular formula is C62H48N2. The van der Waals surface area contributed by atoms with Gasteiger partial charge in [0, 0.05) is 34.1 Å². The first-order valence-corrected chi connectivity index (χ1v) is 21.8. The molecule has 9 aromatic carbocycles. The monoisotopic (exact) mass is 820 g/mol. The number of allylic oxidation sites excluding steroid dienone is 4. The summed E-state index contributed by atoms with van der Waals surface area (Å²) in [6.07, 6.45) is 13.0. The lowest BCUT2D eigenvalue weighted by Crippen LogP contribution is -2.13. The molecule has 2 nitrogen and oxygen atoms in total. The molecule has 0 bridgehead atoms. The third kappa shape index (κ3) is 10.0. The van der Waals surface area contributed by atoms with Crippen LogP contribution in [-0.4, -0.2) is 0 Å². The molecule has 0 unspecified atom stereocenters. The van der Waals surface area contributed by atoms with Gasteiger partial charge in [-0.15, -0.1) is 0 Å². The molecule has 9 aromatic rings. The first kappa shape index (κ1) is 40.9. The Hall–Kier alpha value is -8.46. The molecule has 0 spiro atoms. The molecular weight excluding hydrogens is 773 g/mol. The van der Waals surface area contributed by atoms with Crippen molar-refractivity contribution in [2.75, 3.05) is 9.80 Å². The van der Waals surface area contributed by atoms with Crippen LogP contribution in [-0.2, 0) is 0 Å². The lowest BCUT2D eigenvalue weighted by molar-refractivity contribution is 1.25. The summed E-state index contributed by atoms with van der Waals surface area (Å²) < 4.78 is 0. The number of hydrogen-bond acceptors (Lipinski definition) is 2. The van der Waals surface area contributed by atoms with Gasteiger partial charge in [0.15, 0.2) is 0 Å². The second kappa shape index (κ2) is 20.4. The molecule has 9 rings (SSSR count). The smallest absolute Gasteiger partial charge is 0.0482 e. The highest BCUT2D eigenvalue weighted by Gasteiger charge is 2.17. The molecule has 0 saturated carbocycles. The highest BCUT2D eigenvalue weighted by molar-refractivity contribution is 5.85. The Morgan fingerprint density at radius 2 is 0.516 bits per heavy atom. The van der Waals surface area contributed by atoms with E-state index in [0.29, 0.717) is 0 Å². The zero-order chi connectivity index (χ0) is 43.2. The fourth-order valence-electron chi connectivity index (χ4n) is 7.99. The fraction of sp³-hybridized carbons (Fsp3) is 0. The van der Waals surface area contributed by atoms with Gasteiger partial charge in [-0.3, -0.25) is 0 Å². The predicted octanol–water partition coefficient (Wildman–Crippen LogP) is 16.9. The molecule has 0 atom stereocenters. The molecule has 0 amide bonds. The van der Waals surface area contributed by atoms with E-state index in [1.165, 1.54) is 33.4 Å². The maximum absolute atomic E-state index is 2.32. The van der Waals surface area contributed by atoms with E-state index in [0.717, 1.165) is 45.3 Å². The van der Waals surface area contributed by atoms with E-state index < -0.39 is 0 Å². The van der Waals surface area contributed by atoms with E-state index in [9.17, 15) is 0 Å². The number of rotatable bonds is 14. The number of benzene rings is 9. The van der Waals surface area contributed by atoms with E-state index in [-0.39, 0.29) is 0 Å². The third-order valence-electron chi connectivity index (χ3n) is 11.1. The summed E-state index contributed by atoms with van der Waals surface area (Å²) in [5, 5.41) is 0. The van der Waals surface area contributed by atoms with Crippen LogP contribution in [0.25, 0.3) is 23.3 Å². The summed E-state index contributed by atoms with van der Waals surface area (Å²) in [6, 6.07) is 89.8. The Morgan fingerprint density at radius 3 is 0.828 bits per heavy atom. The molecule has 0 aliphatic heterocycles. The summed E-state index contributed by atoms with van der Waals surface area (Å²) in [6.45, 7) is 0. The van der Waals surface area contributed by atoms with Gasteiger partial charge in [-0.05, 0) is 111 Å². The normalized spacial score (nSPS) is 11.0. The molecule has 2 heteroatoms. The van der Waals surface area contributed by atoms with Crippen LogP contribution in [0.5, 0.6) is 0 Å². The number of anilines is 6. The van der Waals surface area contributed by atoms with Crippen LogP contribution >= 0.6 is 0 Å². The maximum atomic E-state index is 2.32. The number of nitrogens with zero attached hydrogens (tertiary/aromatic N) is 2. The largest absolute Gasteiger partial charge is 0.310 e. The Morgan fingerprint density at radius 1 is 0.250 bits per heavy atom. The molecule has 0 aromatic heterocycles. The van der Waals surface area contributed by atoms with Gasteiger partial charge >= 0.3 is 0 Å². The molecule has 0 fully saturated rings. The standard InChI is InChI=1S/C62H48N2/c1-7-24-51(25-8-1)61(52-26-9-2-10-27-52)38-19-22-49-40-44-57(45-41-49)63(55-32-15-5-16-33-55)59-36-21-37-60(48-59)64(56-34-17-6-18-35-56)58-46-42-50(43-47-58)23-20-39-62(53-28-11-3-12-29-53)54-30-13-4-14-31-54/h1-48H. The van der Waals surface area contributed by atoms with Gasteiger partial charge in [0.1, 0.15) is 0 Å². The summed E-state index contributed by atoms with van der Waals surface area (Å²) in [5.41, 5.74) is 15.8. The van der Waals surface area contributed by atoms with Crippen LogP contribution in [0.2, 0.25) is 0 Å². The van der Waals surface area contributed by atoms with Crippen molar-refractivity contribution in [3.8, 4) is 0 Å². The first-order chi connectivity index (χ1) is 31.8. The molecule has 0 aliphatic rings. The Labute approximate surface area is 378 Å². The highest BCUT2D eigenvalue weighted by atomic mass is 15.2. The van der Waals surface area contributed by atoms with Crippen molar-refractivity contribution >= 4 is 57.4 Å². The van der Waals surface area contributed by atoms with Gasteiger partial charge in [-0.2, -0.15) is 0 Å². The molecule has 0 heterocycles. The molecule has 0 N–H and O–H groups in total. The fourth-order valence-corrected chi connectivity index (χ4v) is 7.99. The van der Waals surface area contributed by atoms with Crippen LogP contribution in [0.4, 0.5) is 34.1 Å². The van der Waals surface area contributed by atoms with Crippen LogP contribution in [0.1, 0.15) is 33.4 Å². The summed E-state index contributed by atoms with van der Waals surface area (Å²) in [5.74, 6) is 0. The number of para-hydroxylation sites is 2. The summed E-state index contributed by atoms with van der Waals surface area (Å²) in [7, 11) is 0. The van der Waals surface area contributed by atoms with Gasteiger partial charge in [0.2, 0.25) is 0 Å². The average Bonchev–Trinajstić information content (AvgIpc) is 3.37. The van der Waals surface area contributed by atoms with Crippen molar-refractivity contribution in [1.29, 1.82) is 0 Å². The topological polar surface area (TPSA) is 6.48 Å². The molecule has 0 saturated heterocycles. The second-order valence-corrected chi connectivity index (χ2v) is 15.4. The summed E-state index contributed by atoms with van der Waals surface area (Å²) >= 11 is 0. The van der Waals surface area contributed by atoms with Crippen molar-refractivity contribution in [3.05, 3.63) is 312 Å². The average molecular weight is 821 g/mol. The van der Waals surface area contributed by atoms with Crippen LogP contribution in [0.3, 0.4) is 0 Å². The quantitative estimate of drug-likeness (QED) is 0.101. The zero-order valence-electron chi connectivity index (χ0n) is 35.6. The van der Waals surface area contributed by atoms with E-state index in [1.807, 2.05) is 0 Å². The van der Waals surface area contributed by atoms with Crippen LogP contribution in [0.15, 0.2) is 279 Å². The third-order valence-corrected chi connectivity index (χ3v) is 11.1. The van der Waals surface area contributed by atoms with Crippen molar-refractivity contribution in [3.63, 3.8) is 0 Å². The van der Waals surface area contributed by atoms with Crippen molar-refractivity contribution < 1.29 is 0 Å². The van der Waals surface area contributed by atoms with Crippen LogP contribution in [0, 0.1) is 0 Å². The van der Waals surface area contributed by atoms with E-state index in [2.05, 4.69) is 301 Å². The van der Waals surface area contributed by atoms with Crippen molar-refractivity contribution in [1.82, 2.24) is 0 Å². The molecule has 0 radical (unpaired) electrons. The van der Waals surface area contributed by atoms with E-state index in [1.54, 1.807) is 0 Å². The number of hydrogen-bond donors (Lipinski definition) is 0. The van der Waals surface area contributed by atoms with Gasteiger partial charge in [-0.25, -0.2) is 0 Å². The lowest BCUT2D eigenvalue weighted by atomic mass is 9.97. The minimum atomic E-state index is 1.06. The first-order valence-electron chi connectivity index (χ1n) is 21.8. The van der Waals surface area contributed by atoms with Gasteiger partial charge in [0.25, 0.3) is 0 Å². The van der Waals surface area contributed by atoms with Gasteiger partial charge < -0.3 is 9.80 Å². The molecule has 0 aliphatic carbocycles.